The Morgan fingerprint density at radius 1 is 1.22 bits per heavy atom. The third kappa shape index (κ3) is 7.14. The Hall–Kier alpha value is -0.380. The topological polar surface area (TPSA) is 24.5 Å². The van der Waals surface area contributed by atoms with Crippen LogP contribution in [0.5, 0.6) is 0 Å². The van der Waals surface area contributed by atoms with Gasteiger partial charge in [0.05, 0.1) is 13.2 Å². The van der Waals surface area contributed by atoms with E-state index in [-0.39, 0.29) is 0 Å². The Kier molecular flexibility index (Phi) is 8.31. The molecule has 0 aromatic heterocycles. The van der Waals surface area contributed by atoms with E-state index in [1.807, 2.05) is 0 Å². The number of ether oxygens (including phenoxy) is 1. The zero-order valence-electron chi connectivity index (χ0n) is 12.3. The number of rotatable bonds is 9. The summed E-state index contributed by atoms with van der Waals surface area (Å²) in [5.41, 5.74) is 0. The molecule has 1 rings (SSSR count). The summed E-state index contributed by atoms with van der Waals surface area (Å²) < 4.78 is 5.76. The summed E-state index contributed by atoms with van der Waals surface area (Å²) in [7, 11) is 4.23. The number of nitrogens with one attached hydrogen (secondary N) is 1. The average Bonchev–Trinajstić information content (AvgIpc) is 2.34. The third-order valence-electron chi connectivity index (χ3n) is 3.63. The molecule has 3 nitrogen and oxygen atoms in total. The van der Waals surface area contributed by atoms with Crippen LogP contribution in [0.2, 0.25) is 0 Å². The highest BCUT2D eigenvalue weighted by Crippen LogP contribution is 2.24. The predicted octanol–water partition coefficient (Wildman–Crippen LogP) is 2.15. The smallest absolute Gasteiger partial charge is 0.0591 e. The molecule has 0 radical (unpaired) electrons. The minimum absolute atomic E-state index is 0.726. The Morgan fingerprint density at radius 2 is 2.00 bits per heavy atom. The summed E-state index contributed by atoms with van der Waals surface area (Å²) >= 11 is 0. The van der Waals surface area contributed by atoms with Crippen molar-refractivity contribution in [2.45, 2.75) is 26.2 Å². The summed E-state index contributed by atoms with van der Waals surface area (Å²) in [6.07, 6.45) is 8.21. The van der Waals surface area contributed by atoms with E-state index < -0.39 is 0 Å². The zero-order valence-corrected chi connectivity index (χ0v) is 12.3. The molecular weight excluding hydrogens is 224 g/mol. The first kappa shape index (κ1) is 15.7. The van der Waals surface area contributed by atoms with E-state index in [0.29, 0.717) is 0 Å². The number of allylic oxidation sites excluding steroid dienone is 2. The van der Waals surface area contributed by atoms with Crippen LogP contribution in [-0.4, -0.2) is 51.8 Å². The van der Waals surface area contributed by atoms with Gasteiger partial charge >= 0.3 is 0 Å². The molecule has 0 spiro atoms. The second-order valence-electron chi connectivity index (χ2n) is 5.66. The molecule has 0 amide bonds. The zero-order chi connectivity index (χ0) is 13.2. The molecule has 0 aromatic rings. The lowest BCUT2D eigenvalue weighted by Gasteiger charge is -2.24. The van der Waals surface area contributed by atoms with Crippen LogP contribution in [0.3, 0.4) is 0 Å². The quantitative estimate of drug-likeness (QED) is 0.504. The fourth-order valence-electron chi connectivity index (χ4n) is 2.26. The molecule has 1 aliphatic carbocycles. The first-order valence-corrected chi connectivity index (χ1v) is 7.28. The highest BCUT2D eigenvalue weighted by Gasteiger charge is 2.17. The van der Waals surface area contributed by atoms with Crippen LogP contribution in [0, 0.1) is 11.8 Å². The van der Waals surface area contributed by atoms with E-state index in [1.165, 1.54) is 19.3 Å². The van der Waals surface area contributed by atoms with Gasteiger partial charge in [0.1, 0.15) is 0 Å². The maximum absolute atomic E-state index is 5.76. The van der Waals surface area contributed by atoms with Gasteiger partial charge in [0, 0.05) is 6.54 Å². The molecular formula is C15H30N2O. The summed E-state index contributed by atoms with van der Waals surface area (Å²) in [6.45, 7) is 7.31. The minimum Gasteiger partial charge on any atom is -0.380 e. The SMILES string of the molecule is CC1CC=CCC1COCCNCCCN(C)C. The second kappa shape index (κ2) is 9.54. The van der Waals surface area contributed by atoms with Crippen molar-refractivity contribution in [1.82, 2.24) is 10.2 Å². The largest absolute Gasteiger partial charge is 0.380 e. The van der Waals surface area contributed by atoms with Gasteiger partial charge in [0.25, 0.3) is 0 Å². The number of nitrogens with zero attached hydrogens (tertiary/aromatic N) is 1. The summed E-state index contributed by atoms with van der Waals surface area (Å²) in [4.78, 5) is 2.22. The number of hydrogen-bond acceptors (Lipinski definition) is 3. The molecule has 18 heavy (non-hydrogen) atoms. The lowest BCUT2D eigenvalue weighted by atomic mass is 9.85. The van der Waals surface area contributed by atoms with E-state index in [0.717, 1.165) is 44.7 Å². The molecule has 2 unspecified atom stereocenters. The molecule has 1 N–H and O–H groups in total. The predicted molar refractivity (Wildman–Crippen MR) is 77.9 cm³/mol. The van der Waals surface area contributed by atoms with Gasteiger partial charge in [0.15, 0.2) is 0 Å². The highest BCUT2D eigenvalue weighted by atomic mass is 16.5. The monoisotopic (exact) mass is 254 g/mol. The lowest BCUT2D eigenvalue weighted by molar-refractivity contribution is 0.0808. The fourth-order valence-corrected chi connectivity index (χ4v) is 2.26. The molecule has 0 heterocycles. The standard InChI is InChI=1S/C15H30N2O/c1-14-7-4-5-8-15(14)13-18-12-10-16-9-6-11-17(2)3/h4-5,14-16H,6-13H2,1-3H3. The van der Waals surface area contributed by atoms with Gasteiger partial charge in [-0.1, -0.05) is 19.1 Å². The normalized spacial score (nSPS) is 23.8. The van der Waals surface area contributed by atoms with Gasteiger partial charge in [-0.15, -0.1) is 0 Å². The number of hydrogen-bond donors (Lipinski definition) is 1. The van der Waals surface area contributed by atoms with Crippen LogP contribution >= 0.6 is 0 Å². The van der Waals surface area contributed by atoms with Crippen molar-refractivity contribution >= 4 is 0 Å². The van der Waals surface area contributed by atoms with Crippen molar-refractivity contribution in [3.05, 3.63) is 12.2 Å². The average molecular weight is 254 g/mol. The first-order chi connectivity index (χ1) is 8.70. The van der Waals surface area contributed by atoms with Gasteiger partial charge in [-0.2, -0.15) is 0 Å². The Balaban J connectivity index is 1.88. The molecule has 0 bridgehead atoms. The molecule has 106 valence electrons. The molecule has 0 aromatic carbocycles. The van der Waals surface area contributed by atoms with E-state index in [9.17, 15) is 0 Å². The Labute approximate surface area is 113 Å². The molecule has 0 fully saturated rings. The van der Waals surface area contributed by atoms with Crippen molar-refractivity contribution in [2.24, 2.45) is 11.8 Å². The summed E-state index contributed by atoms with van der Waals surface area (Å²) in [5, 5.41) is 3.42. The van der Waals surface area contributed by atoms with Crippen molar-refractivity contribution in [1.29, 1.82) is 0 Å². The maximum Gasteiger partial charge on any atom is 0.0591 e. The minimum atomic E-state index is 0.726. The van der Waals surface area contributed by atoms with Gasteiger partial charge in [-0.25, -0.2) is 0 Å². The maximum atomic E-state index is 5.76. The van der Waals surface area contributed by atoms with E-state index in [2.05, 4.69) is 43.4 Å². The molecule has 0 aliphatic heterocycles. The third-order valence-corrected chi connectivity index (χ3v) is 3.63. The Bertz CT molecular complexity index is 229. The van der Waals surface area contributed by atoms with Crippen LogP contribution in [0.1, 0.15) is 26.2 Å². The molecule has 2 atom stereocenters. The molecule has 1 aliphatic rings. The van der Waals surface area contributed by atoms with Gasteiger partial charge in [0.2, 0.25) is 0 Å². The van der Waals surface area contributed by atoms with Crippen LogP contribution in [0.25, 0.3) is 0 Å². The van der Waals surface area contributed by atoms with Crippen molar-refractivity contribution in [3.8, 4) is 0 Å². The van der Waals surface area contributed by atoms with Crippen molar-refractivity contribution in [3.63, 3.8) is 0 Å². The molecule has 0 saturated heterocycles. The summed E-state index contributed by atoms with van der Waals surface area (Å²) in [5.74, 6) is 1.51. The second-order valence-corrected chi connectivity index (χ2v) is 5.66. The Morgan fingerprint density at radius 3 is 2.72 bits per heavy atom. The van der Waals surface area contributed by atoms with Crippen LogP contribution < -0.4 is 5.32 Å². The van der Waals surface area contributed by atoms with Gasteiger partial charge < -0.3 is 15.0 Å². The first-order valence-electron chi connectivity index (χ1n) is 7.28. The van der Waals surface area contributed by atoms with E-state index >= 15 is 0 Å². The highest BCUT2D eigenvalue weighted by molar-refractivity contribution is 4.93. The van der Waals surface area contributed by atoms with Crippen molar-refractivity contribution < 1.29 is 4.74 Å². The van der Waals surface area contributed by atoms with Gasteiger partial charge in [-0.3, -0.25) is 0 Å². The van der Waals surface area contributed by atoms with E-state index in [4.69, 9.17) is 4.74 Å². The van der Waals surface area contributed by atoms with Crippen LogP contribution in [-0.2, 0) is 4.74 Å². The van der Waals surface area contributed by atoms with Crippen LogP contribution in [0.4, 0.5) is 0 Å². The van der Waals surface area contributed by atoms with Crippen molar-refractivity contribution in [2.75, 3.05) is 46.9 Å². The molecule has 0 saturated carbocycles. The van der Waals surface area contributed by atoms with E-state index in [1.54, 1.807) is 0 Å². The molecule has 3 heteroatoms. The van der Waals surface area contributed by atoms with Gasteiger partial charge in [-0.05, 0) is 58.3 Å². The lowest BCUT2D eigenvalue weighted by Crippen LogP contribution is -2.26. The van der Waals surface area contributed by atoms with Crippen LogP contribution in [0.15, 0.2) is 12.2 Å². The summed E-state index contributed by atoms with van der Waals surface area (Å²) in [6, 6.07) is 0. The fraction of sp³-hybridized carbons (Fsp3) is 0.867.